The van der Waals surface area contributed by atoms with Gasteiger partial charge in [-0.2, -0.15) is 9.97 Å². The van der Waals surface area contributed by atoms with Crippen LogP contribution in [-0.4, -0.2) is 167 Å². The SMILES string of the molecule is CCc1cccc2cc(O)cc(-c3ncc4c(N5CC6CCC(C5)N6)nc(OCC5(CN6CC(CN7CCN(C8CN(c9ccc%10c(c9)CN(C9CCC(=O)NC9=O)C%10=O)C8)CC7)C6)CC5)nc4c3F)c12. The van der Waals surface area contributed by atoms with Crippen LogP contribution in [0.3, 0.4) is 0 Å². The first kappa shape index (κ1) is 44.9. The molecule has 9 heterocycles. The van der Waals surface area contributed by atoms with Gasteiger partial charge >= 0.3 is 6.01 Å². The van der Waals surface area contributed by atoms with E-state index in [-0.39, 0.29) is 52.5 Å². The Kier molecular flexibility index (Phi) is 11.2. The Morgan fingerprint density at radius 2 is 1.68 bits per heavy atom. The predicted molar refractivity (Wildman–Crippen MR) is 267 cm³/mol. The van der Waals surface area contributed by atoms with E-state index < -0.39 is 11.9 Å². The zero-order valence-electron chi connectivity index (χ0n) is 40.4. The quantitative estimate of drug-likeness (QED) is 0.141. The molecule has 71 heavy (non-hydrogen) atoms. The van der Waals surface area contributed by atoms with Crippen LogP contribution in [0.25, 0.3) is 32.9 Å². The number of halogens is 1. The van der Waals surface area contributed by atoms with Crippen LogP contribution in [-0.2, 0) is 22.6 Å². The molecule has 13 rings (SSSR count). The number of hydrogen-bond acceptors (Lipinski definition) is 14. The van der Waals surface area contributed by atoms with Crippen molar-refractivity contribution in [2.75, 3.05) is 94.9 Å². The number of amides is 3. The number of nitrogens with one attached hydrogen (secondary N) is 2. The third-order valence-corrected chi connectivity index (χ3v) is 17.1. The molecular formula is C54H62FN11O5. The molecule has 3 aromatic carbocycles. The zero-order chi connectivity index (χ0) is 48.1. The number of phenolic OH excluding ortho intramolecular Hbond substituents is 1. The maximum atomic E-state index is 17.2. The molecule has 7 aliphatic heterocycles. The Bertz CT molecular complexity index is 2960. The van der Waals surface area contributed by atoms with E-state index >= 15 is 4.39 Å². The number of aromatic hydroxyl groups is 1. The van der Waals surface area contributed by atoms with E-state index in [1.165, 1.54) is 0 Å². The fourth-order valence-corrected chi connectivity index (χ4v) is 12.9. The molecule has 3 amide bonds. The lowest BCUT2D eigenvalue weighted by Crippen LogP contribution is -2.64. The fourth-order valence-electron chi connectivity index (χ4n) is 12.9. The fraction of sp³-hybridized carbons (Fsp3) is 0.519. The minimum Gasteiger partial charge on any atom is -0.508 e. The highest BCUT2D eigenvalue weighted by molar-refractivity contribution is 6.06. The number of anilines is 2. The van der Waals surface area contributed by atoms with Crippen LogP contribution in [0.5, 0.6) is 11.8 Å². The minimum atomic E-state index is -0.600. The monoisotopic (exact) mass is 963 g/mol. The summed E-state index contributed by atoms with van der Waals surface area (Å²) in [5.74, 6) is 0.0530. The standard InChI is InChI=1S/C54H62FN11O5/c1-2-33-4-3-5-34-19-40(67)20-42(46(33)34)48-47(55)49-43(21-56-48)50(65-26-36-6-7-37(27-65)57-36)60-53(59-49)71-31-54(12-13-54)30-62-23-32(24-62)22-61-14-16-63(17-15-61)39-28-64(29-39)38-8-9-41-35(18-38)25-66(52(41)70)44-10-11-45(68)58-51(44)69/h3-5,8-9,18-21,32,36-37,39,44,57,67H,2,6-7,10-17,22-31H2,1H3,(H,58,68,69). The summed E-state index contributed by atoms with van der Waals surface area (Å²) in [5, 5.41) is 19.2. The largest absolute Gasteiger partial charge is 0.508 e. The Balaban J connectivity index is 0.612. The first-order valence-corrected chi connectivity index (χ1v) is 26.0. The van der Waals surface area contributed by atoms with Crippen LogP contribution >= 0.6 is 0 Å². The van der Waals surface area contributed by atoms with E-state index in [0.29, 0.717) is 65.9 Å². The summed E-state index contributed by atoms with van der Waals surface area (Å²) in [6.45, 7) is 15.0. The van der Waals surface area contributed by atoms with Gasteiger partial charge in [0, 0.05) is 138 Å². The molecule has 1 saturated carbocycles. The molecule has 0 spiro atoms. The summed E-state index contributed by atoms with van der Waals surface area (Å²) < 4.78 is 23.7. The Hall–Kier alpha value is -6.01. The number of piperazine rings is 2. The second kappa shape index (κ2) is 17.6. The number of carbonyl (C=O) groups is 3. The summed E-state index contributed by atoms with van der Waals surface area (Å²) >= 11 is 0. The molecule has 3 atom stereocenters. The second-order valence-electron chi connectivity index (χ2n) is 21.9. The number of nitrogens with zero attached hydrogens (tertiary/aromatic N) is 9. The molecular weight excluding hydrogens is 902 g/mol. The highest BCUT2D eigenvalue weighted by Gasteiger charge is 2.48. The van der Waals surface area contributed by atoms with Crippen LogP contribution < -0.4 is 25.2 Å². The number of carbonyl (C=O) groups excluding carboxylic acids is 3. The number of piperidine rings is 1. The molecule has 3 unspecified atom stereocenters. The molecule has 0 radical (unpaired) electrons. The normalized spacial score (nSPS) is 25.0. The van der Waals surface area contributed by atoms with Gasteiger partial charge in [-0.15, -0.1) is 0 Å². The summed E-state index contributed by atoms with van der Waals surface area (Å²) in [6.07, 6.45) is 7.45. The van der Waals surface area contributed by atoms with Gasteiger partial charge in [0.1, 0.15) is 28.8 Å². The van der Waals surface area contributed by atoms with Crippen molar-refractivity contribution in [1.82, 2.24) is 45.2 Å². The number of benzene rings is 3. The van der Waals surface area contributed by atoms with Crippen LogP contribution in [0.4, 0.5) is 15.9 Å². The van der Waals surface area contributed by atoms with Crippen molar-refractivity contribution >= 4 is 50.9 Å². The lowest BCUT2D eigenvalue weighted by molar-refractivity contribution is -0.136. The molecule has 6 saturated heterocycles. The van der Waals surface area contributed by atoms with E-state index in [1.54, 1.807) is 23.2 Å². The van der Waals surface area contributed by atoms with Gasteiger partial charge in [0.15, 0.2) is 5.82 Å². The van der Waals surface area contributed by atoms with Gasteiger partial charge in [-0.05, 0) is 96.7 Å². The molecule has 1 aliphatic carbocycles. The summed E-state index contributed by atoms with van der Waals surface area (Å²) in [6, 6.07) is 16.1. The number of fused-ring (bicyclic) bond motifs is 5. The number of pyridine rings is 1. The maximum absolute atomic E-state index is 17.2. The minimum absolute atomic E-state index is 0.0340. The van der Waals surface area contributed by atoms with Gasteiger partial charge < -0.3 is 39.7 Å². The maximum Gasteiger partial charge on any atom is 0.319 e. The summed E-state index contributed by atoms with van der Waals surface area (Å²) in [4.78, 5) is 66.0. The number of hydrogen-bond donors (Lipinski definition) is 3. The molecule has 8 aliphatic rings. The third-order valence-electron chi connectivity index (χ3n) is 17.1. The molecule has 3 N–H and O–H groups in total. The number of likely N-dealkylation sites (tertiary alicyclic amines) is 1. The summed E-state index contributed by atoms with van der Waals surface area (Å²) in [5.41, 5.74) is 4.70. The van der Waals surface area contributed by atoms with Gasteiger partial charge in [0.2, 0.25) is 11.8 Å². The van der Waals surface area contributed by atoms with Gasteiger partial charge in [-0.1, -0.05) is 25.1 Å². The van der Waals surface area contributed by atoms with Crippen LogP contribution in [0.1, 0.15) is 66.9 Å². The number of aromatic nitrogens is 3. The first-order chi connectivity index (χ1) is 34.5. The molecule has 2 bridgehead atoms. The molecule has 7 fully saturated rings. The van der Waals surface area contributed by atoms with E-state index in [2.05, 4.69) is 48.1 Å². The first-order valence-electron chi connectivity index (χ1n) is 26.0. The number of ether oxygens (including phenoxy) is 1. The molecule has 370 valence electrons. The molecule has 5 aromatic rings. The van der Waals surface area contributed by atoms with Crippen molar-refractivity contribution < 1.29 is 28.6 Å². The highest BCUT2D eigenvalue weighted by Crippen LogP contribution is 2.48. The molecule has 16 nitrogen and oxygen atoms in total. The van der Waals surface area contributed by atoms with Crippen LogP contribution in [0.15, 0.2) is 54.7 Å². The van der Waals surface area contributed by atoms with Crippen molar-refractivity contribution in [3.8, 4) is 23.0 Å². The van der Waals surface area contributed by atoms with Gasteiger partial charge in [0.25, 0.3) is 5.91 Å². The number of phenols is 1. The third kappa shape index (κ3) is 8.31. The van der Waals surface area contributed by atoms with E-state index in [0.717, 1.165) is 138 Å². The molecule has 2 aromatic heterocycles. The lowest BCUT2D eigenvalue weighted by Gasteiger charge is -2.50. The van der Waals surface area contributed by atoms with Crippen molar-refractivity contribution in [3.05, 3.63) is 77.2 Å². The molecule has 17 heteroatoms. The van der Waals surface area contributed by atoms with Gasteiger partial charge in [0.05, 0.1) is 12.0 Å². The Morgan fingerprint density at radius 3 is 2.44 bits per heavy atom. The van der Waals surface area contributed by atoms with Gasteiger partial charge in [-0.3, -0.25) is 29.6 Å². The second-order valence-corrected chi connectivity index (χ2v) is 21.9. The van der Waals surface area contributed by atoms with E-state index in [9.17, 15) is 19.5 Å². The average Bonchev–Trinajstić information content (AvgIpc) is 3.93. The van der Waals surface area contributed by atoms with Crippen molar-refractivity contribution in [3.63, 3.8) is 0 Å². The van der Waals surface area contributed by atoms with Crippen molar-refractivity contribution in [1.29, 1.82) is 0 Å². The topological polar surface area (TPSA) is 163 Å². The number of aryl methyl sites for hydroxylation is 1. The van der Waals surface area contributed by atoms with Crippen molar-refractivity contribution in [2.24, 2.45) is 11.3 Å². The Morgan fingerprint density at radius 1 is 0.873 bits per heavy atom. The van der Waals surface area contributed by atoms with Crippen LogP contribution in [0, 0.1) is 17.2 Å². The van der Waals surface area contributed by atoms with Gasteiger partial charge in [-0.25, -0.2) is 4.39 Å². The zero-order valence-corrected chi connectivity index (χ0v) is 40.4. The number of imide groups is 1. The van der Waals surface area contributed by atoms with E-state index in [1.807, 2.05) is 30.3 Å². The highest BCUT2D eigenvalue weighted by atomic mass is 19.1. The Labute approximate surface area is 412 Å². The number of rotatable bonds is 13. The lowest BCUT2D eigenvalue weighted by atomic mass is 9.95. The van der Waals surface area contributed by atoms with Crippen LogP contribution in [0.2, 0.25) is 0 Å². The van der Waals surface area contributed by atoms with E-state index in [4.69, 9.17) is 19.7 Å². The smallest absolute Gasteiger partial charge is 0.319 e. The average molecular weight is 964 g/mol. The predicted octanol–water partition coefficient (Wildman–Crippen LogP) is 4.55. The van der Waals surface area contributed by atoms with Crippen molar-refractivity contribution in [2.45, 2.75) is 82.6 Å². The summed E-state index contributed by atoms with van der Waals surface area (Å²) in [7, 11) is 0.